The standard InChI is InChI=1S/C25H22ClNO3.Na.H/c1-17(2)24(18-11-13-20(26)14-12-18)25(28)30-23(16-27)19-7-6-10-22(15-19)29-21-8-4-3-5-9-21;;/h3-15,17,23-24H,1-2H3;;. The number of para-hydroxylation sites is 1. The Kier molecular flexibility index (Phi) is 9.61. The third kappa shape index (κ3) is 6.85. The van der Waals surface area contributed by atoms with Gasteiger partial charge in [-0.3, -0.25) is 4.79 Å². The molecule has 3 aromatic rings. The van der Waals surface area contributed by atoms with E-state index in [4.69, 9.17) is 21.1 Å². The van der Waals surface area contributed by atoms with Crippen LogP contribution in [0.1, 0.15) is 37.0 Å². The average molecular weight is 444 g/mol. The molecule has 0 bridgehead atoms. The van der Waals surface area contributed by atoms with Gasteiger partial charge in [-0.25, -0.2) is 0 Å². The molecule has 0 aliphatic rings. The van der Waals surface area contributed by atoms with Crippen LogP contribution in [0.4, 0.5) is 0 Å². The quantitative estimate of drug-likeness (QED) is 0.330. The number of esters is 1. The van der Waals surface area contributed by atoms with E-state index in [2.05, 4.69) is 6.07 Å². The molecule has 0 aliphatic carbocycles. The normalized spacial score (nSPS) is 12.2. The van der Waals surface area contributed by atoms with Gasteiger partial charge in [-0.1, -0.05) is 67.9 Å². The second kappa shape index (κ2) is 11.9. The van der Waals surface area contributed by atoms with E-state index in [-0.39, 0.29) is 35.5 Å². The molecule has 2 atom stereocenters. The Morgan fingerprint density at radius 1 is 0.903 bits per heavy atom. The molecule has 3 aromatic carbocycles. The number of carbonyl (C=O) groups excluding carboxylic acids is 1. The van der Waals surface area contributed by atoms with Crippen molar-refractivity contribution in [2.24, 2.45) is 5.92 Å². The van der Waals surface area contributed by atoms with Crippen LogP contribution in [0.15, 0.2) is 78.9 Å². The van der Waals surface area contributed by atoms with Gasteiger partial charge in [-0.2, -0.15) is 5.26 Å². The molecule has 3 rings (SSSR count). The van der Waals surface area contributed by atoms with Crippen molar-refractivity contribution in [1.82, 2.24) is 0 Å². The number of nitriles is 1. The van der Waals surface area contributed by atoms with Crippen molar-refractivity contribution < 1.29 is 14.3 Å². The van der Waals surface area contributed by atoms with Gasteiger partial charge in [0.05, 0.1) is 5.92 Å². The SMILES string of the molecule is CC(C)C(C(=O)OC(C#N)c1cccc(Oc2ccccc2)c1)c1ccc(Cl)cc1.[NaH]. The monoisotopic (exact) mass is 443 g/mol. The molecule has 31 heavy (non-hydrogen) atoms. The van der Waals surface area contributed by atoms with Crippen molar-refractivity contribution in [3.63, 3.8) is 0 Å². The molecule has 0 aromatic heterocycles. The number of hydrogen-bond donors (Lipinski definition) is 0. The molecular formula is C25H23ClNNaO3. The van der Waals surface area contributed by atoms with Crippen molar-refractivity contribution in [2.45, 2.75) is 25.9 Å². The molecule has 4 nitrogen and oxygen atoms in total. The van der Waals surface area contributed by atoms with Gasteiger partial charge < -0.3 is 9.47 Å². The van der Waals surface area contributed by atoms with Gasteiger partial charge in [0, 0.05) is 10.6 Å². The first kappa shape index (κ1) is 25.0. The number of ether oxygens (including phenoxy) is 2. The van der Waals surface area contributed by atoms with Crippen LogP contribution in [-0.2, 0) is 9.53 Å². The van der Waals surface area contributed by atoms with Crippen molar-refractivity contribution >= 4 is 47.1 Å². The number of rotatable bonds is 7. The van der Waals surface area contributed by atoms with E-state index in [0.717, 1.165) is 5.56 Å². The van der Waals surface area contributed by atoms with Gasteiger partial charge in [0.1, 0.15) is 17.6 Å². The molecule has 0 amide bonds. The molecule has 0 aliphatic heterocycles. The fourth-order valence-corrected chi connectivity index (χ4v) is 3.31. The summed E-state index contributed by atoms with van der Waals surface area (Å²) in [6.45, 7) is 3.88. The summed E-state index contributed by atoms with van der Waals surface area (Å²) in [5.74, 6) is 0.289. The topological polar surface area (TPSA) is 59.3 Å². The average Bonchev–Trinajstić information content (AvgIpc) is 2.74. The van der Waals surface area contributed by atoms with Crippen molar-refractivity contribution in [3.05, 3.63) is 95.0 Å². The molecular weight excluding hydrogens is 421 g/mol. The zero-order valence-corrected chi connectivity index (χ0v) is 17.5. The first-order chi connectivity index (χ1) is 14.5. The summed E-state index contributed by atoms with van der Waals surface area (Å²) in [7, 11) is 0. The Balaban J connectivity index is 0.00000341. The summed E-state index contributed by atoms with van der Waals surface area (Å²) in [6, 6.07) is 25.5. The zero-order chi connectivity index (χ0) is 21.5. The van der Waals surface area contributed by atoms with Crippen molar-refractivity contribution in [1.29, 1.82) is 5.26 Å². The van der Waals surface area contributed by atoms with E-state index < -0.39 is 18.0 Å². The maximum absolute atomic E-state index is 13.0. The minimum absolute atomic E-state index is 0. The first-order valence-corrected chi connectivity index (χ1v) is 10.0. The van der Waals surface area contributed by atoms with Crippen LogP contribution in [0, 0.1) is 17.2 Å². The van der Waals surface area contributed by atoms with Crippen molar-refractivity contribution in [3.8, 4) is 17.6 Å². The third-order valence-corrected chi connectivity index (χ3v) is 4.89. The van der Waals surface area contributed by atoms with E-state index in [0.29, 0.717) is 22.1 Å². The van der Waals surface area contributed by atoms with E-state index in [9.17, 15) is 10.1 Å². The summed E-state index contributed by atoms with van der Waals surface area (Å²) in [5, 5.41) is 10.2. The Hall–Kier alpha value is -2.29. The van der Waals surface area contributed by atoms with Crippen LogP contribution in [0.3, 0.4) is 0 Å². The van der Waals surface area contributed by atoms with Gasteiger partial charge in [0.25, 0.3) is 0 Å². The molecule has 0 saturated heterocycles. The molecule has 154 valence electrons. The van der Waals surface area contributed by atoms with Gasteiger partial charge >= 0.3 is 35.5 Å². The summed E-state index contributed by atoms with van der Waals surface area (Å²) in [4.78, 5) is 13.0. The molecule has 0 radical (unpaired) electrons. The predicted molar refractivity (Wildman–Crippen MR) is 124 cm³/mol. The molecule has 0 fully saturated rings. The summed E-state index contributed by atoms with van der Waals surface area (Å²) in [5.41, 5.74) is 1.36. The number of halogens is 1. The van der Waals surface area contributed by atoms with E-state index in [1.54, 1.807) is 36.4 Å². The maximum atomic E-state index is 13.0. The van der Waals surface area contributed by atoms with E-state index >= 15 is 0 Å². The fraction of sp³-hybridized carbons (Fsp3) is 0.200. The molecule has 0 saturated carbocycles. The van der Waals surface area contributed by atoms with Gasteiger partial charge in [0.15, 0.2) is 0 Å². The van der Waals surface area contributed by atoms with Crippen LogP contribution in [0.5, 0.6) is 11.5 Å². The molecule has 0 spiro atoms. The second-order valence-corrected chi connectivity index (χ2v) is 7.64. The second-order valence-electron chi connectivity index (χ2n) is 7.21. The summed E-state index contributed by atoms with van der Waals surface area (Å²) >= 11 is 5.96. The van der Waals surface area contributed by atoms with Crippen LogP contribution in [-0.4, -0.2) is 35.5 Å². The Morgan fingerprint density at radius 3 is 2.16 bits per heavy atom. The Labute approximate surface area is 210 Å². The number of hydrogen-bond acceptors (Lipinski definition) is 4. The summed E-state index contributed by atoms with van der Waals surface area (Å²) < 4.78 is 11.4. The molecule has 0 heterocycles. The van der Waals surface area contributed by atoms with Crippen LogP contribution in [0.25, 0.3) is 0 Å². The van der Waals surface area contributed by atoms with Gasteiger partial charge in [0.2, 0.25) is 6.10 Å². The van der Waals surface area contributed by atoms with Gasteiger partial charge in [-0.05, 0) is 47.9 Å². The fourth-order valence-electron chi connectivity index (χ4n) is 3.19. The minimum atomic E-state index is -1.04. The third-order valence-electron chi connectivity index (χ3n) is 4.64. The van der Waals surface area contributed by atoms with E-state index in [1.807, 2.05) is 56.3 Å². The Bertz CT molecular complexity index is 1030. The van der Waals surface area contributed by atoms with Crippen LogP contribution in [0.2, 0.25) is 5.02 Å². The van der Waals surface area contributed by atoms with E-state index in [1.165, 1.54) is 0 Å². The molecule has 0 N–H and O–H groups in total. The number of benzene rings is 3. The Morgan fingerprint density at radius 2 is 1.55 bits per heavy atom. The van der Waals surface area contributed by atoms with Gasteiger partial charge in [-0.15, -0.1) is 0 Å². The van der Waals surface area contributed by atoms with Crippen LogP contribution < -0.4 is 4.74 Å². The molecule has 6 heteroatoms. The van der Waals surface area contributed by atoms with Crippen molar-refractivity contribution in [2.75, 3.05) is 0 Å². The molecule has 2 unspecified atom stereocenters. The van der Waals surface area contributed by atoms with Crippen LogP contribution >= 0.6 is 11.6 Å². The zero-order valence-electron chi connectivity index (χ0n) is 16.8. The number of carbonyl (C=O) groups is 1. The first-order valence-electron chi connectivity index (χ1n) is 9.66. The summed E-state index contributed by atoms with van der Waals surface area (Å²) in [6.07, 6.45) is -1.04. The predicted octanol–water partition coefficient (Wildman–Crippen LogP) is 6.03. The number of nitrogens with zero attached hydrogens (tertiary/aromatic N) is 1.